The monoisotopic (exact) mass is 219 g/mol. The molecule has 0 aromatic carbocycles. The summed E-state index contributed by atoms with van der Waals surface area (Å²) in [5.74, 6) is -5.07. The maximum atomic E-state index is 10.4. The van der Waals surface area contributed by atoms with Crippen LogP contribution in [0.4, 0.5) is 0 Å². The molecule has 1 aromatic heterocycles. The van der Waals surface area contributed by atoms with Gasteiger partial charge in [-0.1, -0.05) is 5.10 Å². The van der Waals surface area contributed by atoms with Crippen LogP contribution in [0.3, 0.4) is 0 Å². The number of nitrogens with one attached hydrogen (secondary N) is 1. The maximum absolute atomic E-state index is 10.4. The van der Waals surface area contributed by atoms with Gasteiger partial charge in [0.05, 0.1) is 0 Å². The van der Waals surface area contributed by atoms with Crippen molar-refractivity contribution < 1.29 is 14.8 Å². The van der Waals surface area contributed by atoms with Crippen molar-refractivity contribution in [1.29, 1.82) is 0 Å². The van der Waals surface area contributed by atoms with E-state index in [4.69, 9.17) is 0 Å². The third-order valence-electron chi connectivity index (χ3n) is 1.41. The smallest absolute Gasteiger partial charge is 0.252 e. The van der Waals surface area contributed by atoms with Gasteiger partial charge in [0.15, 0.2) is 14.8 Å². The highest BCUT2D eigenvalue weighted by Crippen LogP contribution is 2.21. The second kappa shape index (κ2) is 3.20. The van der Waals surface area contributed by atoms with E-state index in [2.05, 4.69) is 15.4 Å². The maximum Gasteiger partial charge on any atom is 0.766 e. The lowest BCUT2D eigenvalue weighted by molar-refractivity contribution is -0.987. The Morgan fingerprint density at radius 2 is 1.53 bits per heavy atom. The minimum Gasteiger partial charge on any atom is -0.252 e. The highest BCUT2D eigenvalue weighted by Gasteiger charge is 2.76. The summed E-state index contributed by atoms with van der Waals surface area (Å²) in [6.45, 7) is 0. The molecule has 0 bridgehead atoms. The van der Waals surface area contributed by atoms with E-state index in [1.165, 1.54) is 0 Å². The molecule has 0 aliphatic rings. The molecule has 0 radical (unpaired) electrons. The van der Waals surface area contributed by atoms with Crippen molar-refractivity contribution >= 4 is 0 Å². The second-order valence-corrected chi connectivity index (χ2v) is 2.14. The topological polar surface area (TPSA) is 184 Å². The zero-order chi connectivity index (χ0) is 11.6. The van der Waals surface area contributed by atoms with Gasteiger partial charge in [-0.25, -0.2) is 0 Å². The SMILES string of the molecule is O=[N+]([O-])C(c1nn[nH]n1)([N+](=O)[O-])[N+](=O)[O-]. The quantitative estimate of drug-likeness (QED) is 0.344. The molecule has 0 atom stereocenters. The number of tetrazole rings is 1. The fraction of sp³-hybridized carbons (Fsp3) is 0.500. The summed E-state index contributed by atoms with van der Waals surface area (Å²) >= 11 is 0. The van der Waals surface area contributed by atoms with Crippen molar-refractivity contribution in [3.63, 3.8) is 0 Å². The lowest BCUT2D eigenvalue weighted by Crippen LogP contribution is -2.51. The molecule has 1 N–H and O–H groups in total. The molecule has 13 heteroatoms. The van der Waals surface area contributed by atoms with E-state index in [9.17, 15) is 30.3 Å². The standard InChI is InChI=1S/C2HN7O6/c10-7(11)2(8(12)13,9(14)15)1-3-5-6-4-1/h(H,3,4,5,6). The molecule has 80 valence electrons. The van der Waals surface area contributed by atoms with Crippen LogP contribution in [-0.2, 0) is 5.79 Å². The van der Waals surface area contributed by atoms with Gasteiger partial charge >= 0.3 is 11.6 Å². The van der Waals surface area contributed by atoms with Gasteiger partial charge in [0.2, 0.25) is 0 Å². The number of nitrogens with zero attached hydrogens (tertiary/aromatic N) is 6. The molecule has 0 aliphatic carbocycles. The van der Waals surface area contributed by atoms with Crippen LogP contribution in [0.2, 0.25) is 0 Å². The first-order valence-electron chi connectivity index (χ1n) is 3.11. The fourth-order valence-electron chi connectivity index (χ4n) is 0.749. The third kappa shape index (κ3) is 1.21. The molecule has 1 rings (SSSR count). The Kier molecular flexibility index (Phi) is 2.21. The minimum absolute atomic E-state index is 1.25. The number of aromatic amines is 1. The van der Waals surface area contributed by atoms with Crippen LogP contribution < -0.4 is 0 Å². The highest BCUT2D eigenvalue weighted by atomic mass is 16.7. The molecular formula is C2HN7O6. The summed E-state index contributed by atoms with van der Waals surface area (Å²) in [5, 5.41) is 41.4. The molecular weight excluding hydrogens is 218 g/mol. The number of aromatic nitrogens is 4. The van der Waals surface area contributed by atoms with Gasteiger partial charge in [0.25, 0.3) is 0 Å². The lowest BCUT2D eigenvalue weighted by atomic mass is 10.3. The first-order valence-corrected chi connectivity index (χ1v) is 3.11. The van der Waals surface area contributed by atoms with Crippen LogP contribution >= 0.6 is 0 Å². The average Bonchev–Trinajstić information content (AvgIpc) is 2.55. The molecule has 0 saturated carbocycles. The van der Waals surface area contributed by atoms with E-state index < -0.39 is 26.4 Å². The molecule has 0 spiro atoms. The van der Waals surface area contributed by atoms with E-state index in [-0.39, 0.29) is 0 Å². The van der Waals surface area contributed by atoms with Crippen molar-refractivity contribution in [1.82, 2.24) is 20.6 Å². The van der Waals surface area contributed by atoms with E-state index in [0.29, 0.717) is 0 Å². The summed E-state index contributed by atoms with van der Waals surface area (Å²) in [6, 6.07) is 0. The average molecular weight is 219 g/mol. The number of nitro groups is 3. The molecule has 0 amide bonds. The Balaban J connectivity index is 3.47. The first-order chi connectivity index (χ1) is 6.94. The second-order valence-electron chi connectivity index (χ2n) is 2.14. The highest BCUT2D eigenvalue weighted by molar-refractivity contribution is 4.83. The van der Waals surface area contributed by atoms with Crippen LogP contribution in [-0.4, -0.2) is 35.4 Å². The Bertz CT molecular complexity index is 373. The molecule has 13 nitrogen and oxygen atoms in total. The molecule has 1 aromatic rings. The van der Waals surface area contributed by atoms with Crippen molar-refractivity contribution in [3.8, 4) is 0 Å². The molecule has 15 heavy (non-hydrogen) atoms. The Hall–Kier alpha value is -2.73. The van der Waals surface area contributed by atoms with Gasteiger partial charge < -0.3 is 0 Å². The predicted octanol–water partition coefficient (Wildman–Crippen LogP) is -1.86. The molecule has 1 heterocycles. The van der Waals surface area contributed by atoms with Crippen LogP contribution in [0, 0.1) is 30.3 Å². The van der Waals surface area contributed by atoms with Crippen molar-refractivity contribution in [2.75, 3.05) is 0 Å². The number of H-pyrrole nitrogens is 1. The summed E-state index contributed by atoms with van der Waals surface area (Å²) in [5.41, 5.74) is 0. The Labute approximate surface area is 78.5 Å². The zero-order valence-electron chi connectivity index (χ0n) is 6.63. The van der Waals surface area contributed by atoms with Gasteiger partial charge in [-0.05, 0) is 5.21 Å². The summed E-state index contributed by atoms with van der Waals surface area (Å²) in [4.78, 5) is 26.1. The molecule has 0 aliphatic heterocycles. The summed E-state index contributed by atoms with van der Waals surface area (Å²) in [7, 11) is 0. The van der Waals surface area contributed by atoms with E-state index in [0.717, 1.165) is 0 Å². The number of hydrogen-bond donors (Lipinski definition) is 1. The van der Waals surface area contributed by atoms with Gasteiger partial charge in [-0.3, -0.25) is 30.3 Å². The van der Waals surface area contributed by atoms with Crippen LogP contribution in [0.5, 0.6) is 0 Å². The van der Waals surface area contributed by atoms with Gasteiger partial charge in [0.1, 0.15) is 0 Å². The zero-order valence-corrected chi connectivity index (χ0v) is 6.63. The van der Waals surface area contributed by atoms with E-state index >= 15 is 0 Å². The Morgan fingerprint density at radius 3 is 1.80 bits per heavy atom. The third-order valence-corrected chi connectivity index (χ3v) is 1.41. The summed E-state index contributed by atoms with van der Waals surface area (Å²) < 4.78 is 0. The summed E-state index contributed by atoms with van der Waals surface area (Å²) in [6.07, 6.45) is 0. The molecule has 0 fully saturated rings. The van der Waals surface area contributed by atoms with Crippen molar-refractivity contribution in [2.24, 2.45) is 0 Å². The van der Waals surface area contributed by atoms with Crippen LogP contribution in [0.15, 0.2) is 0 Å². The Morgan fingerprint density at radius 1 is 1.07 bits per heavy atom. The van der Waals surface area contributed by atoms with Gasteiger partial charge in [-0.2, -0.15) is 5.21 Å². The van der Waals surface area contributed by atoms with Crippen molar-refractivity contribution in [2.45, 2.75) is 5.79 Å². The normalized spacial score (nSPS) is 10.9. The number of hydrogen-bond acceptors (Lipinski definition) is 9. The fourth-order valence-corrected chi connectivity index (χ4v) is 0.749. The van der Waals surface area contributed by atoms with Crippen LogP contribution in [0.25, 0.3) is 0 Å². The molecule has 0 unspecified atom stereocenters. The number of rotatable bonds is 4. The van der Waals surface area contributed by atoms with Crippen LogP contribution in [0.1, 0.15) is 5.82 Å². The van der Waals surface area contributed by atoms with E-state index in [1.54, 1.807) is 5.21 Å². The van der Waals surface area contributed by atoms with Gasteiger partial charge in [0, 0.05) is 0 Å². The largest absolute Gasteiger partial charge is 0.766 e. The lowest BCUT2D eigenvalue weighted by Gasteiger charge is -2.03. The predicted molar refractivity (Wildman–Crippen MR) is 36.8 cm³/mol. The van der Waals surface area contributed by atoms with E-state index in [1.807, 2.05) is 0 Å². The molecule has 0 saturated heterocycles. The van der Waals surface area contributed by atoms with Crippen molar-refractivity contribution in [3.05, 3.63) is 36.2 Å². The minimum atomic E-state index is -3.83. The first kappa shape index (κ1) is 10.4. The van der Waals surface area contributed by atoms with Gasteiger partial charge in [-0.15, -0.1) is 5.10 Å².